The number of aryl methyl sites for hydroxylation is 1. The Bertz CT molecular complexity index is 750. The minimum absolute atomic E-state index is 0.00797. The fourth-order valence-electron chi connectivity index (χ4n) is 2.90. The topological polar surface area (TPSA) is 84.1 Å². The number of aromatic amines is 1. The molecule has 6 heteroatoms. The van der Waals surface area contributed by atoms with Crippen LogP contribution in [0.15, 0.2) is 29.1 Å². The Labute approximate surface area is 134 Å². The van der Waals surface area contributed by atoms with E-state index in [-0.39, 0.29) is 23.6 Å². The standard InChI is InChI=1S/C17H21N3O3/c1-11(14-7-4-10-23-14)18-16(21)9-8-15-19-13-6-3-2-5-12(13)17(22)20-15/h2-3,5-6,11,14H,4,7-10H2,1H3,(H,18,21)(H,19,20,22)/t11-,14-/m0/s1. The van der Waals surface area contributed by atoms with Gasteiger partial charge >= 0.3 is 0 Å². The number of nitrogens with one attached hydrogen (secondary N) is 2. The lowest BCUT2D eigenvalue weighted by Gasteiger charge is -2.19. The zero-order valence-corrected chi connectivity index (χ0v) is 13.2. The average Bonchev–Trinajstić information content (AvgIpc) is 3.07. The third-order valence-electron chi connectivity index (χ3n) is 4.16. The van der Waals surface area contributed by atoms with Crippen LogP contribution in [0.4, 0.5) is 0 Å². The van der Waals surface area contributed by atoms with Gasteiger partial charge in [-0.1, -0.05) is 12.1 Å². The molecule has 2 atom stereocenters. The van der Waals surface area contributed by atoms with Crippen LogP contribution in [-0.2, 0) is 16.0 Å². The van der Waals surface area contributed by atoms with Crippen LogP contribution in [0.2, 0.25) is 0 Å². The molecule has 23 heavy (non-hydrogen) atoms. The molecule has 122 valence electrons. The molecule has 1 aromatic carbocycles. The number of rotatable bonds is 5. The van der Waals surface area contributed by atoms with Crippen LogP contribution >= 0.6 is 0 Å². The van der Waals surface area contributed by atoms with Gasteiger partial charge < -0.3 is 15.0 Å². The van der Waals surface area contributed by atoms with E-state index in [9.17, 15) is 9.59 Å². The van der Waals surface area contributed by atoms with Crippen molar-refractivity contribution in [2.45, 2.75) is 44.8 Å². The first kappa shape index (κ1) is 15.7. The van der Waals surface area contributed by atoms with E-state index in [2.05, 4.69) is 15.3 Å². The minimum Gasteiger partial charge on any atom is -0.376 e. The molecule has 0 aliphatic carbocycles. The molecule has 0 unspecified atom stereocenters. The van der Waals surface area contributed by atoms with Gasteiger partial charge in [0.25, 0.3) is 5.56 Å². The summed E-state index contributed by atoms with van der Waals surface area (Å²) in [7, 11) is 0. The monoisotopic (exact) mass is 315 g/mol. The number of carbonyl (C=O) groups excluding carboxylic acids is 1. The van der Waals surface area contributed by atoms with Gasteiger partial charge in [-0.3, -0.25) is 9.59 Å². The lowest BCUT2D eigenvalue weighted by atomic mass is 10.1. The quantitative estimate of drug-likeness (QED) is 0.876. The lowest BCUT2D eigenvalue weighted by Crippen LogP contribution is -2.40. The Morgan fingerprint density at radius 2 is 2.30 bits per heavy atom. The zero-order valence-electron chi connectivity index (χ0n) is 13.2. The highest BCUT2D eigenvalue weighted by molar-refractivity contribution is 5.78. The van der Waals surface area contributed by atoms with Crippen LogP contribution in [-0.4, -0.2) is 34.6 Å². The third kappa shape index (κ3) is 3.76. The first-order valence-electron chi connectivity index (χ1n) is 8.02. The van der Waals surface area contributed by atoms with E-state index in [0.29, 0.717) is 29.6 Å². The molecule has 1 saturated heterocycles. The number of aromatic nitrogens is 2. The van der Waals surface area contributed by atoms with Gasteiger partial charge in [-0.25, -0.2) is 4.98 Å². The van der Waals surface area contributed by atoms with Gasteiger partial charge in [0.1, 0.15) is 5.82 Å². The normalized spacial score (nSPS) is 18.9. The highest BCUT2D eigenvalue weighted by atomic mass is 16.5. The molecule has 1 aromatic heterocycles. The maximum atomic E-state index is 12.0. The molecule has 1 aliphatic rings. The van der Waals surface area contributed by atoms with E-state index in [1.54, 1.807) is 18.2 Å². The van der Waals surface area contributed by atoms with Crippen molar-refractivity contribution in [1.82, 2.24) is 15.3 Å². The summed E-state index contributed by atoms with van der Waals surface area (Å²) in [5.74, 6) is 0.484. The number of para-hydroxylation sites is 1. The van der Waals surface area contributed by atoms with Gasteiger partial charge in [-0.2, -0.15) is 0 Å². The fourth-order valence-corrected chi connectivity index (χ4v) is 2.90. The third-order valence-corrected chi connectivity index (χ3v) is 4.16. The molecule has 0 bridgehead atoms. The number of ether oxygens (including phenoxy) is 1. The highest BCUT2D eigenvalue weighted by Crippen LogP contribution is 2.15. The van der Waals surface area contributed by atoms with Gasteiger partial charge in [0.05, 0.1) is 23.0 Å². The molecule has 2 aromatic rings. The van der Waals surface area contributed by atoms with E-state index in [4.69, 9.17) is 4.74 Å². The second-order valence-electron chi connectivity index (χ2n) is 5.94. The van der Waals surface area contributed by atoms with Gasteiger partial charge in [0, 0.05) is 19.4 Å². The lowest BCUT2D eigenvalue weighted by molar-refractivity contribution is -0.122. The molecule has 0 saturated carbocycles. The largest absolute Gasteiger partial charge is 0.376 e. The molecule has 2 N–H and O–H groups in total. The van der Waals surface area contributed by atoms with Crippen LogP contribution in [0.3, 0.4) is 0 Å². The van der Waals surface area contributed by atoms with Crippen molar-refractivity contribution in [3.05, 3.63) is 40.4 Å². The van der Waals surface area contributed by atoms with Crippen LogP contribution in [0, 0.1) is 0 Å². The van der Waals surface area contributed by atoms with Gasteiger partial charge in [0.15, 0.2) is 0 Å². The Hall–Kier alpha value is -2.21. The maximum Gasteiger partial charge on any atom is 0.258 e. The molecular weight excluding hydrogens is 294 g/mol. The molecule has 1 aliphatic heterocycles. The average molecular weight is 315 g/mol. The number of carbonyl (C=O) groups is 1. The predicted molar refractivity (Wildman–Crippen MR) is 87.3 cm³/mol. The van der Waals surface area contributed by atoms with Crippen LogP contribution in [0.5, 0.6) is 0 Å². The summed E-state index contributed by atoms with van der Waals surface area (Å²) in [4.78, 5) is 31.2. The van der Waals surface area contributed by atoms with Crippen LogP contribution in [0.25, 0.3) is 10.9 Å². The Morgan fingerprint density at radius 3 is 3.09 bits per heavy atom. The summed E-state index contributed by atoms with van der Waals surface area (Å²) < 4.78 is 5.57. The number of hydrogen-bond acceptors (Lipinski definition) is 4. The second kappa shape index (κ2) is 6.91. The van der Waals surface area contributed by atoms with E-state index in [1.165, 1.54) is 0 Å². The number of hydrogen-bond donors (Lipinski definition) is 2. The number of fused-ring (bicyclic) bond motifs is 1. The van der Waals surface area contributed by atoms with Crippen molar-refractivity contribution in [2.24, 2.45) is 0 Å². The van der Waals surface area contributed by atoms with E-state index in [0.717, 1.165) is 19.4 Å². The zero-order chi connectivity index (χ0) is 16.2. The number of benzene rings is 1. The molecule has 3 rings (SSSR count). The molecule has 2 heterocycles. The first-order chi connectivity index (χ1) is 11.1. The summed E-state index contributed by atoms with van der Waals surface area (Å²) in [6.45, 7) is 2.73. The molecule has 6 nitrogen and oxygen atoms in total. The summed E-state index contributed by atoms with van der Waals surface area (Å²) in [5.41, 5.74) is 0.484. The van der Waals surface area contributed by atoms with E-state index < -0.39 is 0 Å². The number of H-pyrrole nitrogens is 1. The first-order valence-corrected chi connectivity index (χ1v) is 8.02. The molecule has 0 radical (unpaired) electrons. The fraction of sp³-hybridized carbons (Fsp3) is 0.471. The minimum atomic E-state index is -0.168. The van der Waals surface area contributed by atoms with E-state index >= 15 is 0 Å². The van der Waals surface area contributed by atoms with Crippen LogP contribution < -0.4 is 10.9 Å². The summed E-state index contributed by atoms with van der Waals surface area (Å²) in [6.07, 6.45) is 2.84. The Kier molecular flexibility index (Phi) is 4.71. The van der Waals surface area contributed by atoms with Crippen molar-refractivity contribution in [3.63, 3.8) is 0 Å². The number of amides is 1. The summed E-state index contributed by atoms with van der Waals surface area (Å²) in [6, 6.07) is 7.19. The molecule has 0 spiro atoms. The number of nitrogens with zero attached hydrogens (tertiary/aromatic N) is 1. The van der Waals surface area contributed by atoms with E-state index in [1.807, 2.05) is 13.0 Å². The predicted octanol–water partition coefficient (Wildman–Crippen LogP) is 1.54. The smallest absolute Gasteiger partial charge is 0.258 e. The van der Waals surface area contributed by atoms with Crippen LogP contribution in [0.1, 0.15) is 32.0 Å². The maximum absolute atomic E-state index is 12.0. The van der Waals surface area contributed by atoms with Crippen molar-refractivity contribution in [1.29, 1.82) is 0 Å². The Balaban J connectivity index is 1.59. The van der Waals surface area contributed by atoms with Crippen molar-refractivity contribution in [3.8, 4) is 0 Å². The molecular formula is C17H21N3O3. The second-order valence-corrected chi connectivity index (χ2v) is 5.94. The summed E-state index contributed by atoms with van der Waals surface area (Å²) in [5, 5.41) is 3.52. The van der Waals surface area contributed by atoms with Gasteiger partial charge in [-0.05, 0) is 31.9 Å². The summed E-state index contributed by atoms with van der Waals surface area (Å²) >= 11 is 0. The van der Waals surface area contributed by atoms with Gasteiger partial charge in [-0.15, -0.1) is 0 Å². The van der Waals surface area contributed by atoms with Crippen molar-refractivity contribution >= 4 is 16.8 Å². The van der Waals surface area contributed by atoms with Crippen molar-refractivity contribution in [2.75, 3.05) is 6.61 Å². The molecule has 1 amide bonds. The Morgan fingerprint density at radius 1 is 1.48 bits per heavy atom. The van der Waals surface area contributed by atoms with Gasteiger partial charge in [0.2, 0.25) is 5.91 Å². The molecule has 1 fully saturated rings. The highest BCUT2D eigenvalue weighted by Gasteiger charge is 2.23. The van der Waals surface area contributed by atoms with Crippen molar-refractivity contribution < 1.29 is 9.53 Å². The SMILES string of the molecule is C[C@H](NC(=O)CCc1nc2ccccc2c(=O)[nH]1)[C@@H]1CCCO1.